The minimum Gasteiger partial charge on any atom is -0.398 e. The molecule has 166 valence electrons. The summed E-state index contributed by atoms with van der Waals surface area (Å²) in [5.74, 6) is 0.216. The predicted octanol–water partition coefficient (Wildman–Crippen LogP) is 4.48. The number of hydrogen-bond acceptors (Lipinski definition) is 6. The van der Waals surface area contributed by atoms with Gasteiger partial charge in [0.15, 0.2) is 5.76 Å². The highest BCUT2D eigenvalue weighted by Crippen LogP contribution is 2.29. The molecule has 0 bridgehead atoms. The quantitative estimate of drug-likeness (QED) is 0.355. The maximum atomic E-state index is 13.0. The summed E-state index contributed by atoms with van der Waals surface area (Å²) in [5.41, 5.74) is 8.16. The number of nitrogen functional groups attached to an aromatic ring is 1. The lowest BCUT2D eigenvalue weighted by molar-refractivity contribution is 0.000337. The van der Waals surface area contributed by atoms with E-state index in [0.717, 1.165) is 22.9 Å². The van der Waals surface area contributed by atoms with E-state index >= 15 is 0 Å². The Hall–Kier alpha value is -2.97. The van der Waals surface area contributed by atoms with Gasteiger partial charge in [-0.2, -0.15) is 0 Å². The Morgan fingerprint density at radius 3 is 2.62 bits per heavy atom. The first-order chi connectivity index (χ1) is 15.1. The molecule has 32 heavy (non-hydrogen) atoms. The molecule has 0 spiro atoms. The van der Waals surface area contributed by atoms with Crippen LogP contribution in [-0.4, -0.2) is 45.0 Å². The van der Waals surface area contributed by atoms with E-state index in [-0.39, 0.29) is 17.7 Å². The molecule has 2 heterocycles. The van der Waals surface area contributed by atoms with Crippen LogP contribution < -0.4 is 5.73 Å². The highest BCUT2D eigenvalue weighted by atomic mass is 79.9. The molecule has 1 atom stereocenters. The first kappa shape index (κ1) is 22.2. The summed E-state index contributed by atoms with van der Waals surface area (Å²) in [6, 6.07) is 13.9. The summed E-state index contributed by atoms with van der Waals surface area (Å²) in [5, 5.41) is 22.9. The van der Waals surface area contributed by atoms with E-state index in [1.807, 2.05) is 18.2 Å². The van der Waals surface area contributed by atoms with Crippen LogP contribution in [0.25, 0.3) is 11.3 Å². The van der Waals surface area contributed by atoms with Gasteiger partial charge in [-0.3, -0.25) is 10.2 Å². The number of likely N-dealkylation sites (tertiary alicyclic amines) is 1. The van der Waals surface area contributed by atoms with Gasteiger partial charge in [0.25, 0.3) is 5.91 Å². The smallest absolute Gasteiger partial charge is 0.254 e. The molecular formula is C24H25BrN4O3. The zero-order valence-electron chi connectivity index (χ0n) is 17.9. The van der Waals surface area contributed by atoms with Gasteiger partial charge in [0.1, 0.15) is 11.4 Å². The number of rotatable bonds is 5. The highest BCUT2D eigenvalue weighted by Gasteiger charge is 2.38. The average Bonchev–Trinajstić information content (AvgIpc) is 3.43. The number of hydrogen-bond donors (Lipinski definition) is 3. The Kier molecular flexibility index (Phi) is 5.92. The molecule has 1 aliphatic rings. The van der Waals surface area contributed by atoms with Gasteiger partial charge in [-0.15, -0.1) is 0 Å². The van der Waals surface area contributed by atoms with Crippen LogP contribution in [0.15, 0.2) is 57.5 Å². The van der Waals surface area contributed by atoms with Crippen LogP contribution in [0.4, 0.5) is 5.69 Å². The van der Waals surface area contributed by atoms with Crippen LogP contribution in [0.2, 0.25) is 0 Å². The molecule has 3 aromatic rings. The summed E-state index contributed by atoms with van der Waals surface area (Å²) in [4.78, 5) is 14.8. The monoisotopic (exact) mass is 496 g/mol. The molecule has 0 saturated carbocycles. The lowest BCUT2D eigenvalue weighted by Crippen LogP contribution is -2.48. The van der Waals surface area contributed by atoms with E-state index in [1.165, 1.54) is 0 Å². The molecule has 1 amide bonds. The maximum Gasteiger partial charge on any atom is 0.254 e. The van der Waals surface area contributed by atoms with E-state index in [2.05, 4.69) is 21.1 Å². The molecule has 1 fully saturated rings. The normalized spacial score (nSPS) is 16.4. The Labute approximate surface area is 194 Å². The van der Waals surface area contributed by atoms with Gasteiger partial charge in [-0.1, -0.05) is 33.2 Å². The van der Waals surface area contributed by atoms with E-state index < -0.39 is 5.60 Å². The van der Waals surface area contributed by atoms with Crippen molar-refractivity contribution in [1.82, 2.24) is 10.1 Å². The first-order valence-electron chi connectivity index (χ1n) is 10.4. The summed E-state index contributed by atoms with van der Waals surface area (Å²) in [6.07, 6.45) is 1.68. The SMILES string of the molecule is CC(C)(O)[C@@H]1CCCN1C(=O)c1ccc(-c2cc(C(=N)c3ccc(Br)cc3N)on2)cc1. The van der Waals surface area contributed by atoms with Gasteiger partial charge in [-0.25, -0.2) is 0 Å². The van der Waals surface area contributed by atoms with E-state index in [1.54, 1.807) is 49.1 Å². The minimum absolute atomic E-state index is 0.0884. The molecule has 1 saturated heterocycles. The molecule has 7 nitrogen and oxygen atoms in total. The van der Waals surface area contributed by atoms with E-state index in [4.69, 9.17) is 15.7 Å². The summed E-state index contributed by atoms with van der Waals surface area (Å²) < 4.78 is 6.22. The van der Waals surface area contributed by atoms with Crippen molar-refractivity contribution < 1.29 is 14.4 Å². The van der Waals surface area contributed by atoms with Crippen LogP contribution in [-0.2, 0) is 0 Å². The third-order valence-electron chi connectivity index (χ3n) is 5.80. The van der Waals surface area contributed by atoms with Crippen molar-refractivity contribution in [2.75, 3.05) is 12.3 Å². The van der Waals surface area contributed by atoms with Crippen molar-refractivity contribution in [3.8, 4) is 11.3 Å². The lowest BCUT2D eigenvalue weighted by atomic mass is 9.96. The Bertz CT molecular complexity index is 1160. The van der Waals surface area contributed by atoms with Gasteiger partial charge in [-0.05, 0) is 57.0 Å². The molecule has 1 aromatic heterocycles. The highest BCUT2D eigenvalue weighted by molar-refractivity contribution is 9.10. The van der Waals surface area contributed by atoms with Crippen LogP contribution in [0.1, 0.15) is 48.4 Å². The standard InChI is InChI=1S/C24H25BrN4O3/c1-24(2,31)21-4-3-11-29(21)23(30)15-7-5-14(6-8-15)19-13-20(32-28-19)22(27)17-10-9-16(25)12-18(17)26/h5-10,12-13,21,27,31H,3-4,11,26H2,1-2H3/t21-/m0/s1. The van der Waals surface area contributed by atoms with Gasteiger partial charge >= 0.3 is 0 Å². The molecule has 4 N–H and O–H groups in total. The topological polar surface area (TPSA) is 116 Å². The minimum atomic E-state index is -0.939. The molecule has 4 rings (SSSR count). The van der Waals surface area contributed by atoms with Crippen LogP contribution in [0.5, 0.6) is 0 Å². The van der Waals surface area contributed by atoms with Crippen molar-refractivity contribution >= 4 is 33.2 Å². The van der Waals surface area contributed by atoms with E-state index in [9.17, 15) is 9.90 Å². The van der Waals surface area contributed by atoms with Crippen LogP contribution in [0.3, 0.4) is 0 Å². The average molecular weight is 497 g/mol. The molecule has 8 heteroatoms. The maximum absolute atomic E-state index is 13.0. The van der Waals surface area contributed by atoms with Gasteiger partial charge < -0.3 is 20.3 Å². The van der Waals surface area contributed by atoms with Crippen LogP contribution in [0, 0.1) is 5.41 Å². The van der Waals surface area contributed by atoms with Crippen molar-refractivity contribution in [2.45, 2.75) is 38.3 Å². The zero-order chi connectivity index (χ0) is 23.0. The Morgan fingerprint density at radius 2 is 1.97 bits per heavy atom. The Morgan fingerprint density at radius 1 is 1.25 bits per heavy atom. The second-order valence-electron chi connectivity index (χ2n) is 8.57. The van der Waals surface area contributed by atoms with Gasteiger partial charge in [0.2, 0.25) is 0 Å². The van der Waals surface area contributed by atoms with Crippen molar-refractivity contribution in [3.63, 3.8) is 0 Å². The molecular weight excluding hydrogens is 472 g/mol. The molecule has 0 unspecified atom stereocenters. The van der Waals surface area contributed by atoms with Crippen molar-refractivity contribution in [3.05, 3.63) is 69.9 Å². The second-order valence-corrected chi connectivity index (χ2v) is 9.49. The van der Waals surface area contributed by atoms with E-state index in [0.29, 0.717) is 34.8 Å². The van der Waals surface area contributed by atoms with Crippen molar-refractivity contribution in [1.29, 1.82) is 5.41 Å². The molecule has 0 radical (unpaired) electrons. The Balaban J connectivity index is 1.52. The number of benzene rings is 2. The van der Waals surface area contributed by atoms with Crippen LogP contribution >= 0.6 is 15.9 Å². The number of nitrogens with one attached hydrogen (secondary N) is 1. The predicted molar refractivity (Wildman–Crippen MR) is 127 cm³/mol. The number of nitrogens with two attached hydrogens (primary N) is 1. The lowest BCUT2D eigenvalue weighted by Gasteiger charge is -2.33. The molecule has 1 aliphatic heterocycles. The third-order valence-corrected chi connectivity index (χ3v) is 6.29. The number of halogens is 1. The summed E-state index contributed by atoms with van der Waals surface area (Å²) >= 11 is 3.36. The summed E-state index contributed by atoms with van der Waals surface area (Å²) in [7, 11) is 0. The first-order valence-corrected chi connectivity index (χ1v) is 11.2. The number of aliphatic hydroxyl groups is 1. The second kappa shape index (κ2) is 8.52. The number of carbonyl (C=O) groups is 1. The fourth-order valence-electron chi connectivity index (χ4n) is 4.12. The van der Waals surface area contributed by atoms with Gasteiger partial charge in [0, 0.05) is 39.5 Å². The number of nitrogens with zero attached hydrogens (tertiary/aromatic N) is 2. The zero-order valence-corrected chi connectivity index (χ0v) is 19.5. The number of carbonyl (C=O) groups excluding carboxylic acids is 1. The third kappa shape index (κ3) is 4.33. The molecule has 2 aromatic carbocycles. The van der Waals surface area contributed by atoms with Crippen molar-refractivity contribution in [2.24, 2.45) is 0 Å². The number of aromatic nitrogens is 1. The molecule has 0 aliphatic carbocycles. The van der Waals surface area contributed by atoms with Gasteiger partial charge in [0.05, 0.1) is 11.6 Å². The number of anilines is 1. The summed E-state index contributed by atoms with van der Waals surface area (Å²) in [6.45, 7) is 4.13. The fourth-order valence-corrected chi connectivity index (χ4v) is 4.50. The largest absolute Gasteiger partial charge is 0.398 e. The fraction of sp³-hybridized carbons (Fsp3) is 0.292. The number of amides is 1.